The fourth-order valence-electron chi connectivity index (χ4n) is 2.99. The first-order chi connectivity index (χ1) is 9.84. The molecule has 1 saturated heterocycles. The maximum absolute atomic E-state index is 12.1. The van der Waals surface area contributed by atoms with Gasteiger partial charge in [0, 0.05) is 32.8 Å². The summed E-state index contributed by atoms with van der Waals surface area (Å²) >= 11 is 0. The van der Waals surface area contributed by atoms with E-state index in [9.17, 15) is 4.79 Å². The van der Waals surface area contributed by atoms with Crippen LogP contribution >= 0.6 is 0 Å². The monoisotopic (exact) mass is 298 g/mol. The lowest BCUT2D eigenvalue weighted by molar-refractivity contribution is -0.0719. The number of hydrogen-bond acceptors (Lipinski definition) is 4. The largest absolute Gasteiger partial charge is 0.444 e. The van der Waals surface area contributed by atoms with Gasteiger partial charge in [-0.05, 0) is 52.9 Å². The number of rotatable bonds is 4. The molecule has 1 aliphatic heterocycles. The Morgan fingerprint density at radius 1 is 1.33 bits per heavy atom. The molecule has 1 saturated carbocycles. The van der Waals surface area contributed by atoms with Crippen molar-refractivity contribution in [2.75, 3.05) is 26.7 Å². The molecule has 0 aromatic rings. The molecule has 21 heavy (non-hydrogen) atoms. The summed E-state index contributed by atoms with van der Waals surface area (Å²) in [5, 5.41) is 3.59. The van der Waals surface area contributed by atoms with Gasteiger partial charge in [-0.25, -0.2) is 4.79 Å². The third-order valence-corrected chi connectivity index (χ3v) is 4.48. The van der Waals surface area contributed by atoms with E-state index in [0.29, 0.717) is 6.04 Å². The third kappa shape index (κ3) is 4.58. The van der Waals surface area contributed by atoms with Crippen LogP contribution in [0.5, 0.6) is 0 Å². The van der Waals surface area contributed by atoms with Crippen molar-refractivity contribution in [2.24, 2.45) is 0 Å². The molecule has 0 radical (unpaired) electrons. The number of carbonyl (C=O) groups is 1. The summed E-state index contributed by atoms with van der Waals surface area (Å²) in [6.45, 7) is 8.13. The zero-order chi connectivity index (χ0) is 15.5. The molecule has 1 atom stereocenters. The molecule has 0 aromatic heterocycles. The van der Waals surface area contributed by atoms with Crippen LogP contribution in [0.25, 0.3) is 0 Å². The van der Waals surface area contributed by atoms with Crippen molar-refractivity contribution in [3.05, 3.63) is 0 Å². The summed E-state index contributed by atoms with van der Waals surface area (Å²) in [6.07, 6.45) is 5.47. The standard InChI is InChI=1S/C16H30N2O3/c1-15(2,3)21-14(19)18-10-5-7-13(11-18)17-12-16(20-4)8-6-9-16/h13,17H,5-12H2,1-4H3. The van der Waals surface area contributed by atoms with E-state index < -0.39 is 5.60 Å². The highest BCUT2D eigenvalue weighted by Crippen LogP contribution is 2.34. The highest BCUT2D eigenvalue weighted by Gasteiger charge is 2.37. The second kappa shape index (κ2) is 6.53. The zero-order valence-electron chi connectivity index (χ0n) is 13.9. The first-order valence-electron chi connectivity index (χ1n) is 8.10. The van der Waals surface area contributed by atoms with Crippen molar-refractivity contribution < 1.29 is 14.3 Å². The minimum atomic E-state index is -0.427. The van der Waals surface area contributed by atoms with Gasteiger partial charge in [0.25, 0.3) is 0 Å². The van der Waals surface area contributed by atoms with Crippen molar-refractivity contribution in [3.8, 4) is 0 Å². The van der Waals surface area contributed by atoms with Gasteiger partial charge in [-0.15, -0.1) is 0 Å². The van der Waals surface area contributed by atoms with Crippen LogP contribution in [0.3, 0.4) is 0 Å². The summed E-state index contributed by atoms with van der Waals surface area (Å²) in [4.78, 5) is 14.0. The summed E-state index contributed by atoms with van der Waals surface area (Å²) in [7, 11) is 1.80. The number of likely N-dealkylation sites (tertiary alicyclic amines) is 1. The Morgan fingerprint density at radius 3 is 2.57 bits per heavy atom. The SMILES string of the molecule is COC1(CNC2CCCN(C(=O)OC(C)(C)C)C2)CCC1. The predicted octanol–water partition coefficient (Wildman–Crippen LogP) is 2.54. The Labute approximate surface area is 128 Å². The van der Waals surface area contributed by atoms with Gasteiger partial charge >= 0.3 is 6.09 Å². The van der Waals surface area contributed by atoms with Crippen molar-refractivity contribution in [1.29, 1.82) is 0 Å². The lowest BCUT2D eigenvalue weighted by Gasteiger charge is -2.42. The van der Waals surface area contributed by atoms with Crippen molar-refractivity contribution in [3.63, 3.8) is 0 Å². The quantitative estimate of drug-likeness (QED) is 0.866. The van der Waals surface area contributed by atoms with Gasteiger partial charge in [0.05, 0.1) is 5.60 Å². The second-order valence-corrected chi connectivity index (χ2v) is 7.39. The second-order valence-electron chi connectivity index (χ2n) is 7.39. The Balaban J connectivity index is 1.79. The van der Waals surface area contributed by atoms with Crippen LogP contribution in [0.15, 0.2) is 0 Å². The molecule has 0 aromatic carbocycles. The van der Waals surface area contributed by atoms with E-state index in [1.807, 2.05) is 25.7 Å². The lowest BCUT2D eigenvalue weighted by atomic mass is 9.79. The van der Waals surface area contributed by atoms with E-state index in [0.717, 1.165) is 45.3 Å². The molecule has 2 fully saturated rings. The van der Waals surface area contributed by atoms with E-state index in [2.05, 4.69) is 5.32 Å². The highest BCUT2D eigenvalue weighted by molar-refractivity contribution is 5.68. The summed E-state index contributed by atoms with van der Waals surface area (Å²) < 4.78 is 11.1. The molecule has 5 heteroatoms. The van der Waals surface area contributed by atoms with Crippen LogP contribution in [-0.4, -0.2) is 55.0 Å². The molecule has 2 aliphatic rings. The van der Waals surface area contributed by atoms with Gasteiger partial charge in [-0.3, -0.25) is 0 Å². The molecule has 1 N–H and O–H groups in total. The van der Waals surface area contributed by atoms with Crippen molar-refractivity contribution in [1.82, 2.24) is 10.2 Å². The third-order valence-electron chi connectivity index (χ3n) is 4.48. The fraction of sp³-hybridized carbons (Fsp3) is 0.938. The summed E-state index contributed by atoms with van der Waals surface area (Å²) in [6, 6.07) is 0.346. The first kappa shape index (κ1) is 16.6. The smallest absolute Gasteiger partial charge is 0.410 e. The van der Waals surface area contributed by atoms with Crippen molar-refractivity contribution >= 4 is 6.09 Å². The molecule has 1 heterocycles. The number of carbonyl (C=O) groups excluding carboxylic acids is 1. The van der Waals surface area contributed by atoms with Gasteiger partial charge in [-0.2, -0.15) is 0 Å². The van der Waals surface area contributed by atoms with E-state index in [-0.39, 0.29) is 11.7 Å². The van der Waals surface area contributed by atoms with Gasteiger partial charge in [0.1, 0.15) is 5.60 Å². The van der Waals surface area contributed by atoms with Crippen molar-refractivity contribution in [2.45, 2.75) is 70.1 Å². The predicted molar refractivity (Wildman–Crippen MR) is 82.4 cm³/mol. The molecule has 122 valence electrons. The van der Waals surface area contributed by atoms with Crippen LogP contribution in [0, 0.1) is 0 Å². The Morgan fingerprint density at radius 2 is 2.05 bits per heavy atom. The number of nitrogens with one attached hydrogen (secondary N) is 1. The van der Waals surface area contributed by atoms with Crippen LogP contribution < -0.4 is 5.32 Å². The Kier molecular flexibility index (Phi) is 5.15. The van der Waals surface area contributed by atoms with Crippen LogP contribution in [-0.2, 0) is 9.47 Å². The van der Waals surface area contributed by atoms with E-state index >= 15 is 0 Å². The number of hydrogen-bond donors (Lipinski definition) is 1. The molecule has 2 rings (SSSR count). The van der Waals surface area contributed by atoms with Crippen LogP contribution in [0.4, 0.5) is 4.79 Å². The lowest BCUT2D eigenvalue weighted by Crippen LogP contribution is -2.55. The number of piperidine rings is 1. The zero-order valence-corrected chi connectivity index (χ0v) is 13.9. The van der Waals surface area contributed by atoms with Crippen LogP contribution in [0.1, 0.15) is 52.9 Å². The summed E-state index contributed by atoms with van der Waals surface area (Å²) in [5.41, 5.74) is -0.391. The molecular formula is C16H30N2O3. The molecule has 0 spiro atoms. The maximum Gasteiger partial charge on any atom is 0.410 e. The number of methoxy groups -OCH3 is 1. The topological polar surface area (TPSA) is 50.8 Å². The number of amides is 1. The average molecular weight is 298 g/mol. The van der Waals surface area contributed by atoms with Gasteiger partial charge < -0.3 is 19.7 Å². The van der Waals surface area contributed by atoms with Crippen LogP contribution in [0.2, 0.25) is 0 Å². The Bertz CT molecular complexity index is 356. The average Bonchev–Trinajstić information content (AvgIpc) is 2.36. The number of nitrogens with zero attached hydrogens (tertiary/aromatic N) is 1. The minimum Gasteiger partial charge on any atom is -0.444 e. The van der Waals surface area contributed by atoms with E-state index in [1.165, 1.54) is 6.42 Å². The van der Waals surface area contributed by atoms with Gasteiger partial charge in [0.2, 0.25) is 0 Å². The molecular weight excluding hydrogens is 268 g/mol. The Hall–Kier alpha value is -0.810. The normalized spacial score (nSPS) is 25.3. The minimum absolute atomic E-state index is 0.0359. The molecule has 5 nitrogen and oxygen atoms in total. The fourth-order valence-corrected chi connectivity index (χ4v) is 2.99. The van der Waals surface area contributed by atoms with E-state index in [1.54, 1.807) is 7.11 Å². The van der Waals surface area contributed by atoms with Gasteiger partial charge in [0.15, 0.2) is 0 Å². The van der Waals surface area contributed by atoms with E-state index in [4.69, 9.17) is 9.47 Å². The first-order valence-corrected chi connectivity index (χ1v) is 8.10. The maximum atomic E-state index is 12.1. The molecule has 1 aliphatic carbocycles. The molecule has 1 unspecified atom stereocenters. The van der Waals surface area contributed by atoms with Gasteiger partial charge in [-0.1, -0.05) is 0 Å². The molecule has 1 amide bonds. The highest BCUT2D eigenvalue weighted by atomic mass is 16.6. The number of ether oxygens (including phenoxy) is 2. The molecule has 0 bridgehead atoms. The summed E-state index contributed by atoms with van der Waals surface area (Å²) in [5.74, 6) is 0.